The summed E-state index contributed by atoms with van der Waals surface area (Å²) in [6, 6.07) is 0. The molecule has 0 spiro atoms. The summed E-state index contributed by atoms with van der Waals surface area (Å²) in [4.78, 5) is 22.9. The second-order valence-corrected chi connectivity index (χ2v) is 9.34. The number of carbonyl (C=O) groups excluding carboxylic acids is 2. The Morgan fingerprint density at radius 3 is 2.33 bits per heavy atom. The van der Waals surface area contributed by atoms with Crippen molar-refractivity contribution in [1.82, 2.24) is 0 Å². The molecule has 1 N–H and O–H groups in total. The molecule has 0 heterocycles. The number of carbonyl (C=O) groups is 2. The zero-order valence-corrected chi connectivity index (χ0v) is 21.1. The lowest BCUT2D eigenvalue weighted by Gasteiger charge is -2.29. The lowest BCUT2D eigenvalue weighted by atomic mass is 10.1. The van der Waals surface area contributed by atoms with Gasteiger partial charge in [0.05, 0.1) is 27.2 Å². The summed E-state index contributed by atoms with van der Waals surface area (Å²) in [6.45, 7) is 2.61. The maximum absolute atomic E-state index is 12.0. The number of carboxylic acid groups (broad SMARTS) is 1. The normalized spacial score (nSPS) is 14.6. The summed E-state index contributed by atoms with van der Waals surface area (Å²) < 4.78 is 5.84. The number of aliphatic hydroxyl groups excluding tert-OH is 1. The van der Waals surface area contributed by atoms with Crippen LogP contribution >= 0.6 is 0 Å². The van der Waals surface area contributed by atoms with Gasteiger partial charge < -0.3 is 24.2 Å². The van der Waals surface area contributed by atoms with E-state index in [1.807, 2.05) is 57.6 Å². The Kier molecular flexibility index (Phi) is 18.0. The van der Waals surface area contributed by atoms with Gasteiger partial charge in [0, 0.05) is 18.8 Å². The van der Waals surface area contributed by atoms with Gasteiger partial charge in [-0.25, -0.2) is 0 Å². The van der Waals surface area contributed by atoms with Crippen LogP contribution in [0.4, 0.5) is 0 Å². The first-order valence-corrected chi connectivity index (χ1v) is 12.1. The number of aliphatic carboxylic acids is 1. The highest BCUT2D eigenvalue weighted by molar-refractivity contribution is 5.70. The Morgan fingerprint density at radius 1 is 0.970 bits per heavy atom. The van der Waals surface area contributed by atoms with E-state index in [0.717, 1.165) is 19.3 Å². The number of hydrogen-bond donors (Lipinski definition) is 1. The first kappa shape index (κ1) is 30.8. The Morgan fingerprint density at radius 2 is 1.67 bits per heavy atom. The van der Waals surface area contributed by atoms with E-state index in [-0.39, 0.29) is 18.8 Å². The number of hydrogen-bond acceptors (Lipinski definition) is 5. The van der Waals surface area contributed by atoms with Gasteiger partial charge >= 0.3 is 5.97 Å². The van der Waals surface area contributed by atoms with Gasteiger partial charge in [0.25, 0.3) is 0 Å². The Balaban J connectivity index is 3.99. The first-order chi connectivity index (χ1) is 15.6. The molecule has 0 aliphatic carbocycles. The molecular formula is C27H45NO5. The monoisotopic (exact) mass is 463 g/mol. The van der Waals surface area contributed by atoms with E-state index in [4.69, 9.17) is 4.74 Å². The summed E-state index contributed by atoms with van der Waals surface area (Å²) in [6.07, 6.45) is 22.2. The molecular weight excluding hydrogens is 418 g/mol. The predicted molar refractivity (Wildman–Crippen MR) is 132 cm³/mol. The predicted octanol–water partition coefficient (Wildman–Crippen LogP) is 3.86. The number of aliphatic hydroxyl groups is 1. The molecule has 0 amide bonds. The van der Waals surface area contributed by atoms with Gasteiger partial charge in [-0.15, -0.1) is 0 Å². The fourth-order valence-electron chi connectivity index (χ4n) is 3.14. The molecule has 0 aromatic rings. The summed E-state index contributed by atoms with van der Waals surface area (Å²) in [7, 11) is 5.75. The van der Waals surface area contributed by atoms with Crippen molar-refractivity contribution in [3.63, 3.8) is 0 Å². The van der Waals surface area contributed by atoms with E-state index in [0.29, 0.717) is 23.9 Å². The molecule has 0 aliphatic heterocycles. The average Bonchev–Trinajstić information content (AvgIpc) is 2.70. The molecule has 0 radical (unpaired) electrons. The van der Waals surface area contributed by atoms with Gasteiger partial charge in [0.1, 0.15) is 6.54 Å². The van der Waals surface area contributed by atoms with Crippen molar-refractivity contribution in [3.05, 3.63) is 48.6 Å². The van der Waals surface area contributed by atoms with E-state index in [9.17, 15) is 19.8 Å². The molecule has 0 saturated carbocycles. The van der Waals surface area contributed by atoms with Gasteiger partial charge in [-0.3, -0.25) is 4.79 Å². The zero-order valence-electron chi connectivity index (χ0n) is 21.1. The molecule has 6 heteroatoms. The number of carboxylic acids is 1. The lowest BCUT2D eigenvalue weighted by molar-refractivity contribution is -0.873. The van der Waals surface area contributed by atoms with Crippen LogP contribution in [-0.2, 0) is 14.3 Å². The van der Waals surface area contributed by atoms with Crippen molar-refractivity contribution in [2.45, 2.75) is 83.3 Å². The number of allylic oxidation sites excluding steroid dienone is 6. The number of nitrogens with zero attached hydrogens (tertiary/aromatic N) is 1. The summed E-state index contributed by atoms with van der Waals surface area (Å²) >= 11 is 0. The average molecular weight is 464 g/mol. The quantitative estimate of drug-likeness (QED) is 0.103. The van der Waals surface area contributed by atoms with Crippen molar-refractivity contribution >= 4 is 11.9 Å². The van der Waals surface area contributed by atoms with E-state index in [2.05, 4.69) is 13.0 Å². The number of quaternary nitrogens is 1. The molecule has 2 atom stereocenters. The number of unbranched alkanes of at least 4 members (excludes halogenated alkanes) is 4. The highest BCUT2D eigenvalue weighted by Crippen LogP contribution is 2.08. The van der Waals surface area contributed by atoms with Crippen LogP contribution in [0.1, 0.15) is 71.1 Å². The Labute approximate surface area is 200 Å². The molecule has 0 fully saturated rings. The molecule has 0 bridgehead atoms. The molecule has 0 rings (SSSR count). The van der Waals surface area contributed by atoms with Crippen molar-refractivity contribution in [3.8, 4) is 0 Å². The van der Waals surface area contributed by atoms with Crippen molar-refractivity contribution in [2.24, 2.45) is 0 Å². The highest BCUT2D eigenvalue weighted by Gasteiger charge is 2.22. The van der Waals surface area contributed by atoms with E-state index < -0.39 is 18.2 Å². The number of rotatable bonds is 19. The number of ether oxygens (including phenoxy) is 1. The Bertz CT molecular complexity index is 643. The smallest absolute Gasteiger partial charge is 0.306 e. The third-order valence-electron chi connectivity index (χ3n) is 4.73. The molecule has 33 heavy (non-hydrogen) atoms. The number of esters is 1. The molecule has 2 unspecified atom stereocenters. The summed E-state index contributed by atoms with van der Waals surface area (Å²) in [5, 5.41) is 20.8. The molecule has 0 aliphatic rings. The summed E-state index contributed by atoms with van der Waals surface area (Å²) in [5.41, 5.74) is 0. The third-order valence-corrected chi connectivity index (χ3v) is 4.73. The Hall–Kier alpha value is -2.18. The van der Waals surface area contributed by atoms with Crippen molar-refractivity contribution < 1.29 is 29.0 Å². The van der Waals surface area contributed by atoms with Gasteiger partial charge in [-0.05, 0) is 38.5 Å². The lowest BCUT2D eigenvalue weighted by Crippen LogP contribution is -2.45. The highest BCUT2D eigenvalue weighted by atomic mass is 16.5. The fourth-order valence-corrected chi connectivity index (χ4v) is 3.14. The van der Waals surface area contributed by atoms with Crippen LogP contribution in [-0.4, -0.2) is 61.4 Å². The van der Waals surface area contributed by atoms with E-state index >= 15 is 0 Å². The maximum Gasteiger partial charge on any atom is 0.306 e. The van der Waals surface area contributed by atoms with E-state index in [1.54, 1.807) is 6.08 Å². The van der Waals surface area contributed by atoms with Gasteiger partial charge in [0.2, 0.25) is 0 Å². The van der Waals surface area contributed by atoms with Crippen LogP contribution < -0.4 is 5.11 Å². The molecule has 0 saturated heterocycles. The first-order valence-electron chi connectivity index (χ1n) is 12.1. The number of likely N-dealkylation sites (N-methyl/N-ethyl adjacent to an activating group) is 1. The minimum atomic E-state index is -1.21. The molecule has 0 aromatic heterocycles. The third kappa shape index (κ3) is 22.8. The fraction of sp³-hybridized carbons (Fsp3) is 0.630. The van der Waals surface area contributed by atoms with Crippen LogP contribution in [0.25, 0.3) is 0 Å². The van der Waals surface area contributed by atoms with Crippen LogP contribution in [0.5, 0.6) is 0 Å². The van der Waals surface area contributed by atoms with Gasteiger partial charge in [0.15, 0.2) is 6.10 Å². The van der Waals surface area contributed by atoms with Gasteiger partial charge in [-0.1, -0.05) is 68.4 Å². The standard InChI is InChI=1S/C27H45NO5/c1-5-6-7-8-13-16-19-24(29)20-17-14-11-9-10-12-15-18-21-27(32)33-25(22-26(30)31)23-28(2,3)4/h10-14,16-17,20,24-25,29H,5-9,15,18-19,21-23H2,1-4H3/b12-10+,14-11+,16-13+,20-17+. The van der Waals surface area contributed by atoms with E-state index in [1.165, 1.54) is 19.3 Å². The largest absolute Gasteiger partial charge is 0.550 e. The molecule has 188 valence electrons. The van der Waals surface area contributed by atoms with Crippen LogP contribution in [0.15, 0.2) is 48.6 Å². The molecule has 6 nitrogen and oxygen atoms in total. The van der Waals surface area contributed by atoms with Crippen LogP contribution in [0.2, 0.25) is 0 Å². The van der Waals surface area contributed by atoms with Crippen LogP contribution in [0.3, 0.4) is 0 Å². The zero-order chi connectivity index (χ0) is 25.0. The summed E-state index contributed by atoms with van der Waals surface area (Å²) in [5.74, 6) is -1.58. The van der Waals surface area contributed by atoms with Crippen LogP contribution in [0, 0.1) is 0 Å². The topological polar surface area (TPSA) is 86.7 Å². The second kappa shape index (κ2) is 19.3. The minimum absolute atomic E-state index is 0.258. The van der Waals surface area contributed by atoms with Crippen molar-refractivity contribution in [2.75, 3.05) is 27.7 Å². The molecule has 0 aromatic carbocycles. The van der Waals surface area contributed by atoms with Crippen molar-refractivity contribution in [1.29, 1.82) is 0 Å². The van der Waals surface area contributed by atoms with Gasteiger partial charge in [-0.2, -0.15) is 0 Å². The SMILES string of the molecule is CCCCC/C=C/CC(O)/C=C/C=C/C/C=C/CCCC(=O)OC(CC(=O)[O-])C[N+](C)(C)C. The maximum atomic E-state index is 12.0. The minimum Gasteiger partial charge on any atom is -0.550 e. The second-order valence-electron chi connectivity index (χ2n) is 9.34.